The molecule has 1 heterocycles. The summed E-state index contributed by atoms with van der Waals surface area (Å²) in [6.07, 6.45) is 4.91. The Morgan fingerprint density at radius 1 is 1.00 bits per heavy atom. The number of nitrogens with zero attached hydrogens (tertiary/aromatic N) is 2. The number of hydrogen-bond acceptors (Lipinski definition) is 4. The van der Waals surface area contributed by atoms with Crippen molar-refractivity contribution in [3.63, 3.8) is 0 Å². The number of aromatic hydroxyl groups is 1. The minimum atomic E-state index is -0.665. The number of phenolic OH excluding ortho intramolecular Hbond substituents is 1. The summed E-state index contributed by atoms with van der Waals surface area (Å²) in [5, 5.41) is 9.90. The van der Waals surface area contributed by atoms with E-state index in [0.717, 1.165) is 39.6 Å². The lowest BCUT2D eigenvalue weighted by Gasteiger charge is -2.17. The van der Waals surface area contributed by atoms with Crippen LogP contribution in [0, 0.1) is 18.6 Å². The summed E-state index contributed by atoms with van der Waals surface area (Å²) in [5.74, 6) is -1.22. The van der Waals surface area contributed by atoms with Crippen molar-refractivity contribution in [1.82, 2.24) is 9.97 Å². The number of aryl methyl sites for hydroxylation is 1. The van der Waals surface area contributed by atoms with Crippen LogP contribution in [-0.2, 0) is 17.6 Å². The highest BCUT2D eigenvalue weighted by molar-refractivity contribution is 5.92. The van der Waals surface area contributed by atoms with Crippen LogP contribution in [0.3, 0.4) is 0 Å². The molecule has 4 aromatic rings. The predicted molar refractivity (Wildman–Crippen MR) is 139 cm³/mol. The Bertz CT molecular complexity index is 1490. The first-order chi connectivity index (χ1) is 17.9. The van der Waals surface area contributed by atoms with E-state index in [1.807, 2.05) is 49.4 Å². The van der Waals surface area contributed by atoms with E-state index in [4.69, 9.17) is 4.98 Å². The molecule has 3 aromatic carbocycles. The number of rotatable bonds is 8. The van der Waals surface area contributed by atoms with Crippen LogP contribution in [-0.4, -0.2) is 20.9 Å². The Labute approximate surface area is 214 Å². The van der Waals surface area contributed by atoms with Gasteiger partial charge in [0.1, 0.15) is 29.0 Å². The van der Waals surface area contributed by atoms with Crippen LogP contribution in [0.5, 0.6) is 5.75 Å². The summed E-state index contributed by atoms with van der Waals surface area (Å²) in [4.78, 5) is 22.6. The van der Waals surface area contributed by atoms with Gasteiger partial charge in [-0.15, -0.1) is 0 Å². The number of fused-ring (bicyclic) bond motifs is 1. The summed E-state index contributed by atoms with van der Waals surface area (Å²) in [7, 11) is 0. The van der Waals surface area contributed by atoms with Crippen molar-refractivity contribution in [2.45, 2.75) is 38.5 Å². The number of Topliss-reactive ketones (excluding diaryl/α,β-unsaturated/α-hetero) is 1. The Hall–Kier alpha value is -4.19. The van der Waals surface area contributed by atoms with Crippen molar-refractivity contribution in [3.05, 3.63) is 119 Å². The molecule has 5 rings (SSSR count). The van der Waals surface area contributed by atoms with E-state index < -0.39 is 17.6 Å². The zero-order valence-electron chi connectivity index (χ0n) is 20.4. The number of aromatic nitrogens is 2. The van der Waals surface area contributed by atoms with Crippen LogP contribution in [0.1, 0.15) is 46.8 Å². The molecular formula is C31H26F2N2O2. The molecule has 1 unspecified atom stereocenters. The summed E-state index contributed by atoms with van der Waals surface area (Å²) in [5.41, 5.74) is 6.02. The summed E-state index contributed by atoms with van der Waals surface area (Å²) < 4.78 is 27.9. The quantitative estimate of drug-likeness (QED) is 0.293. The van der Waals surface area contributed by atoms with Crippen LogP contribution in [0.25, 0.3) is 16.8 Å². The Balaban J connectivity index is 1.44. The first-order valence-corrected chi connectivity index (χ1v) is 12.2. The first kappa shape index (κ1) is 24.5. The van der Waals surface area contributed by atoms with Gasteiger partial charge in [-0.25, -0.2) is 18.7 Å². The highest BCUT2D eigenvalue weighted by atomic mass is 19.1. The predicted octanol–water partition coefficient (Wildman–Crippen LogP) is 6.75. The van der Waals surface area contributed by atoms with E-state index in [1.54, 1.807) is 18.3 Å². The Kier molecular flexibility index (Phi) is 6.91. The molecule has 6 heteroatoms. The standard InChI is InChI=1S/C31H26F2N2O2/c1-19-4-2-3-5-28(19)30-10-11-34-31(35-30)23(12-20-13-24(32)17-25(33)14-20)16-27(37)15-22-7-6-21-8-9-26(36)18-29(21)22/h2-5,7-11,13-14,17-18,23,36H,6,12,15-16H2,1H3. The van der Waals surface area contributed by atoms with E-state index in [9.17, 15) is 18.7 Å². The van der Waals surface area contributed by atoms with Crippen molar-refractivity contribution >= 4 is 11.4 Å². The van der Waals surface area contributed by atoms with Gasteiger partial charge in [0, 0.05) is 36.6 Å². The van der Waals surface area contributed by atoms with Crippen molar-refractivity contribution in [3.8, 4) is 17.0 Å². The van der Waals surface area contributed by atoms with Crippen LogP contribution < -0.4 is 0 Å². The van der Waals surface area contributed by atoms with Gasteiger partial charge in [-0.05, 0) is 77.9 Å². The fraction of sp³-hybridized carbons (Fsp3) is 0.194. The number of ketones is 1. The monoisotopic (exact) mass is 496 g/mol. The van der Waals surface area contributed by atoms with Crippen LogP contribution in [0.15, 0.2) is 79.0 Å². The van der Waals surface area contributed by atoms with Crippen molar-refractivity contribution in [2.24, 2.45) is 0 Å². The van der Waals surface area contributed by atoms with E-state index in [0.29, 0.717) is 17.8 Å². The van der Waals surface area contributed by atoms with Gasteiger partial charge in [-0.3, -0.25) is 4.79 Å². The van der Waals surface area contributed by atoms with E-state index in [1.165, 1.54) is 12.1 Å². The van der Waals surface area contributed by atoms with Crippen molar-refractivity contribution in [1.29, 1.82) is 0 Å². The maximum Gasteiger partial charge on any atom is 0.138 e. The van der Waals surface area contributed by atoms with Crippen molar-refractivity contribution < 1.29 is 18.7 Å². The lowest BCUT2D eigenvalue weighted by Crippen LogP contribution is -2.14. The summed E-state index contributed by atoms with van der Waals surface area (Å²) in [6.45, 7) is 2.00. The second-order valence-corrected chi connectivity index (χ2v) is 9.49. The number of phenols is 1. The van der Waals surface area contributed by atoms with Gasteiger partial charge in [0.15, 0.2) is 0 Å². The van der Waals surface area contributed by atoms with Gasteiger partial charge in [0.05, 0.1) is 5.69 Å². The SMILES string of the molecule is Cc1ccccc1-c1ccnc(C(CC(=O)CC2=CCc3ccc(O)cc32)Cc2cc(F)cc(F)c2)n1. The lowest BCUT2D eigenvalue weighted by molar-refractivity contribution is -0.118. The average molecular weight is 497 g/mol. The van der Waals surface area contributed by atoms with Crippen LogP contribution in [0.2, 0.25) is 0 Å². The maximum absolute atomic E-state index is 14.0. The molecule has 1 N–H and O–H groups in total. The van der Waals surface area contributed by atoms with E-state index in [2.05, 4.69) is 4.98 Å². The third-order valence-electron chi connectivity index (χ3n) is 6.73. The number of carbonyl (C=O) groups excluding carboxylic acids is 1. The molecule has 4 nitrogen and oxygen atoms in total. The molecule has 0 bridgehead atoms. The molecule has 0 aliphatic heterocycles. The molecule has 0 radical (unpaired) electrons. The summed E-state index contributed by atoms with van der Waals surface area (Å²) >= 11 is 0. The van der Waals surface area contributed by atoms with Crippen molar-refractivity contribution in [2.75, 3.05) is 0 Å². The third-order valence-corrected chi connectivity index (χ3v) is 6.73. The van der Waals surface area contributed by atoms with Gasteiger partial charge in [0.25, 0.3) is 0 Å². The smallest absolute Gasteiger partial charge is 0.138 e. The molecule has 0 fully saturated rings. The van der Waals surface area contributed by atoms with Gasteiger partial charge in [-0.1, -0.05) is 36.4 Å². The molecular weight excluding hydrogens is 470 g/mol. The van der Waals surface area contributed by atoms with Gasteiger partial charge < -0.3 is 5.11 Å². The second kappa shape index (κ2) is 10.4. The Morgan fingerprint density at radius 3 is 2.57 bits per heavy atom. The topological polar surface area (TPSA) is 63.1 Å². The second-order valence-electron chi connectivity index (χ2n) is 9.49. The largest absolute Gasteiger partial charge is 0.508 e. The minimum Gasteiger partial charge on any atom is -0.508 e. The molecule has 1 aromatic heterocycles. The number of benzene rings is 3. The number of allylic oxidation sites excluding steroid dienone is 2. The zero-order chi connectivity index (χ0) is 25.9. The third kappa shape index (κ3) is 5.64. The molecule has 186 valence electrons. The fourth-order valence-electron chi connectivity index (χ4n) is 4.96. The molecule has 1 aliphatic rings. The highest BCUT2D eigenvalue weighted by Gasteiger charge is 2.24. The lowest BCUT2D eigenvalue weighted by atomic mass is 9.90. The number of carbonyl (C=O) groups is 1. The molecule has 1 atom stereocenters. The normalized spacial score (nSPS) is 13.2. The average Bonchev–Trinajstić information content (AvgIpc) is 3.25. The Morgan fingerprint density at radius 2 is 1.78 bits per heavy atom. The van der Waals surface area contributed by atoms with Gasteiger partial charge in [0.2, 0.25) is 0 Å². The highest BCUT2D eigenvalue weighted by Crippen LogP contribution is 2.34. The van der Waals surface area contributed by atoms with Crippen LogP contribution in [0.4, 0.5) is 8.78 Å². The van der Waals surface area contributed by atoms with Gasteiger partial charge >= 0.3 is 0 Å². The molecule has 0 amide bonds. The summed E-state index contributed by atoms with van der Waals surface area (Å²) in [6, 6.07) is 18.3. The molecule has 0 saturated heterocycles. The number of hydrogen-bond donors (Lipinski definition) is 1. The molecule has 1 aliphatic carbocycles. The van der Waals surface area contributed by atoms with Gasteiger partial charge in [-0.2, -0.15) is 0 Å². The zero-order valence-corrected chi connectivity index (χ0v) is 20.4. The molecule has 0 saturated carbocycles. The molecule has 0 spiro atoms. The first-order valence-electron chi connectivity index (χ1n) is 12.2. The van der Waals surface area contributed by atoms with E-state index >= 15 is 0 Å². The fourth-order valence-corrected chi connectivity index (χ4v) is 4.96. The van der Waals surface area contributed by atoms with E-state index in [-0.39, 0.29) is 30.8 Å². The molecule has 37 heavy (non-hydrogen) atoms. The van der Waals surface area contributed by atoms with Crippen LogP contribution >= 0.6 is 0 Å². The minimum absolute atomic E-state index is 0.0331. The maximum atomic E-state index is 14.0. The number of halogens is 2.